The van der Waals surface area contributed by atoms with Crippen molar-refractivity contribution in [3.05, 3.63) is 88.0 Å². The van der Waals surface area contributed by atoms with E-state index < -0.39 is 4.92 Å². The van der Waals surface area contributed by atoms with E-state index in [1.807, 2.05) is 49.4 Å². The average molecular weight is 357 g/mol. The molecule has 0 fully saturated rings. The third kappa shape index (κ3) is 3.46. The third-order valence-corrected chi connectivity index (χ3v) is 4.20. The lowest BCUT2D eigenvalue weighted by Crippen LogP contribution is -1.88. The zero-order valence-electron chi connectivity index (χ0n) is 14.5. The maximum Gasteiger partial charge on any atom is 0.269 e. The average Bonchev–Trinajstić information content (AvgIpc) is 3.13. The molecule has 132 valence electrons. The van der Waals surface area contributed by atoms with Crippen molar-refractivity contribution in [2.45, 2.75) is 6.92 Å². The van der Waals surface area contributed by atoms with Gasteiger partial charge in [0.1, 0.15) is 5.52 Å². The summed E-state index contributed by atoms with van der Waals surface area (Å²) in [4.78, 5) is 19.2. The molecule has 4 aromatic rings. The van der Waals surface area contributed by atoms with Crippen LogP contribution in [0.15, 0.2) is 76.1 Å². The van der Waals surface area contributed by atoms with Crippen LogP contribution in [-0.2, 0) is 0 Å². The lowest BCUT2D eigenvalue weighted by molar-refractivity contribution is -0.384. The van der Waals surface area contributed by atoms with Crippen molar-refractivity contribution in [3.8, 4) is 11.5 Å². The number of rotatable bonds is 4. The minimum Gasteiger partial charge on any atom is -0.436 e. The molecule has 0 amide bonds. The van der Waals surface area contributed by atoms with Crippen molar-refractivity contribution in [2.75, 3.05) is 0 Å². The molecule has 4 rings (SSSR count). The highest BCUT2D eigenvalue weighted by Gasteiger charge is 2.09. The van der Waals surface area contributed by atoms with Crippen molar-refractivity contribution in [2.24, 2.45) is 4.99 Å². The maximum absolute atomic E-state index is 10.7. The van der Waals surface area contributed by atoms with Crippen LogP contribution in [0.2, 0.25) is 0 Å². The fourth-order valence-corrected chi connectivity index (χ4v) is 2.73. The first-order valence-corrected chi connectivity index (χ1v) is 8.35. The van der Waals surface area contributed by atoms with E-state index >= 15 is 0 Å². The number of nitrogens with zero attached hydrogens (tertiary/aromatic N) is 3. The molecule has 0 bridgehead atoms. The van der Waals surface area contributed by atoms with Gasteiger partial charge in [-0.3, -0.25) is 15.1 Å². The first kappa shape index (κ1) is 16.7. The van der Waals surface area contributed by atoms with Crippen LogP contribution in [-0.4, -0.2) is 16.1 Å². The second kappa shape index (κ2) is 6.84. The van der Waals surface area contributed by atoms with Crippen LogP contribution in [0, 0.1) is 17.0 Å². The molecule has 0 aliphatic rings. The third-order valence-electron chi connectivity index (χ3n) is 4.20. The fourth-order valence-electron chi connectivity index (χ4n) is 2.73. The number of aryl methyl sites for hydroxylation is 1. The molecule has 0 unspecified atom stereocenters. The van der Waals surface area contributed by atoms with E-state index in [0.717, 1.165) is 33.5 Å². The van der Waals surface area contributed by atoms with E-state index in [1.54, 1.807) is 18.3 Å². The van der Waals surface area contributed by atoms with E-state index in [0.29, 0.717) is 5.89 Å². The molecule has 0 radical (unpaired) electrons. The van der Waals surface area contributed by atoms with Gasteiger partial charge in [-0.25, -0.2) is 4.98 Å². The van der Waals surface area contributed by atoms with Crippen LogP contribution in [0.4, 0.5) is 11.4 Å². The standard InChI is InChI=1S/C21H15N3O3/c1-14-3-2-4-19-20(14)23-21(27-19)16-7-9-17(10-8-16)22-13-15-5-11-18(12-6-15)24(25)26/h2-13H,1H3. The largest absolute Gasteiger partial charge is 0.436 e. The summed E-state index contributed by atoms with van der Waals surface area (Å²) in [6.07, 6.45) is 1.67. The fraction of sp³-hybridized carbons (Fsp3) is 0.0476. The quantitative estimate of drug-likeness (QED) is 0.276. The highest BCUT2D eigenvalue weighted by atomic mass is 16.6. The van der Waals surface area contributed by atoms with Crippen molar-refractivity contribution < 1.29 is 9.34 Å². The molecular formula is C21H15N3O3. The molecule has 0 saturated carbocycles. The zero-order valence-corrected chi connectivity index (χ0v) is 14.5. The van der Waals surface area contributed by atoms with Gasteiger partial charge < -0.3 is 4.42 Å². The number of oxazole rings is 1. The van der Waals surface area contributed by atoms with E-state index in [-0.39, 0.29) is 5.69 Å². The Morgan fingerprint density at radius 2 is 1.78 bits per heavy atom. The Morgan fingerprint density at radius 1 is 1.04 bits per heavy atom. The second-order valence-corrected chi connectivity index (χ2v) is 6.09. The minimum atomic E-state index is -0.423. The van der Waals surface area contributed by atoms with Crippen molar-refractivity contribution in [1.29, 1.82) is 0 Å². The van der Waals surface area contributed by atoms with Gasteiger partial charge in [0.25, 0.3) is 5.69 Å². The molecule has 3 aromatic carbocycles. The van der Waals surface area contributed by atoms with E-state index in [9.17, 15) is 10.1 Å². The molecule has 6 heteroatoms. The Kier molecular flexibility index (Phi) is 4.22. The summed E-state index contributed by atoms with van der Waals surface area (Å²) in [5.74, 6) is 0.574. The van der Waals surface area contributed by atoms with Gasteiger partial charge >= 0.3 is 0 Å². The molecule has 0 saturated heterocycles. The lowest BCUT2D eigenvalue weighted by atomic mass is 10.2. The van der Waals surface area contributed by atoms with Crippen LogP contribution in [0.25, 0.3) is 22.6 Å². The monoisotopic (exact) mass is 357 g/mol. The number of fused-ring (bicyclic) bond motifs is 1. The van der Waals surface area contributed by atoms with Gasteiger partial charge in [0.05, 0.1) is 10.6 Å². The molecule has 27 heavy (non-hydrogen) atoms. The molecule has 1 heterocycles. The number of para-hydroxylation sites is 1. The molecule has 0 N–H and O–H groups in total. The minimum absolute atomic E-state index is 0.0603. The van der Waals surface area contributed by atoms with Crippen molar-refractivity contribution >= 4 is 28.7 Å². The summed E-state index contributed by atoms with van der Waals surface area (Å²) in [6, 6.07) is 19.7. The lowest BCUT2D eigenvalue weighted by Gasteiger charge is -1.97. The highest BCUT2D eigenvalue weighted by molar-refractivity contribution is 5.83. The zero-order chi connectivity index (χ0) is 18.8. The Balaban J connectivity index is 1.54. The van der Waals surface area contributed by atoms with Gasteiger partial charge in [-0.1, -0.05) is 12.1 Å². The number of aliphatic imine (C=N–C) groups is 1. The summed E-state index contributed by atoms with van der Waals surface area (Å²) in [5, 5.41) is 10.7. The summed E-state index contributed by atoms with van der Waals surface area (Å²) < 4.78 is 5.83. The van der Waals surface area contributed by atoms with Gasteiger partial charge in [-0.2, -0.15) is 0 Å². The molecular weight excluding hydrogens is 342 g/mol. The maximum atomic E-state index is 10.7. The number of aromatic nitrogens is 1. The Bertz CT molecular complexity index is 1140. The molecule has 1 aromatic heterocycles. The van der Waals surface area contributed by atoms with Crippen LogP contribution in [0.5, 0.6) is 0 Å². The number of benzene rings is 3. The van der Waals surface area contributed by atoms with Gasteiger partial charge in [0.15, 0.2) is 5.58 Å². The van der Waals surface area contributed by atoms with E-state index in [1.165, 1.54) is 12.1 Å². The van der Waals surface area contributed by atoms with Crippen LogP contribution in [0.3, 0.4) is 0 Å². The van der Waals surface area contributed by atoms with Crippen LogP contribution < -0.4 is 0 Å². The summed E-state index contributed by atoms with van der Waals surface area (Å²) >= 11 is 0. The van der Waals surface area contributed by atoms with Crippen molar-refractivity contribution in [1.82, 2.24) is 4.98 Å². The molecule has 0 atom stereocenters. The number of hydrogen-bond donors (Lipinski definition) is 0. The van der Waals surface area contributed by atoms with Gasteiger partial charge in [0.2, 0.25) is 5.89 Å². The number of non-ortho nitro benzene ring substituents is 1. The molecule has 6 nitrogen and oxygen atoms in total. The van der Waals surface area contributed by atoms with Crippen LogP contribution >= 0.6 is 0 Å². The van der Waals surface area contributed by atoms with Gasteiger partial charge in [-0.05, 0) is 60.5 Å². The Labute approximate surface area is 155 Å². The molecule has 0 spiro atoms. The van der Waals surface area contributed by atoms with E-state index in [4.69, 9.17) is 4.42 Å². The SMILES string of the molecule is Cc1cccc2oc(-c3ccc(N=Cc4ccc([N+](=O)[O-])cc4)cc3)nc12. The molecule has 0 aliphatic heterocycles. The predicted octanol–water partition coefficient (Wildman–Crippen LogP) is 5.46. The highest BCUT2D eigenvalue weighted by Crippen LogP contribution is 2.27. The predicted molar refractivity (Wildman–Crippen MR) is 105 cm³/mol. The van der Waals surface area contributed by atoms with Crippen LogP contribution in [0.1, 0.15) is 11.1 Å². The smallest absolute Gasteiger partial charge is 0.269 e. The first-order chi connectivity index (χ1) is 13.1. The summed E-state index contributed by atoms with van der Waals surface area (Å²) in [6.45, 7) is 2.00. The number of nitro groups is 1. The Morgan fingerprint density at radius 3 is 2.44 bits per heavy atom. The van der Waals surface area contributed by atoms with Crippen molar-refractivity contribution in [3.63, 3.8) is 0 Å². The first-order valence-electron chi connectivity index (χ1n) is 8.35. The molecule has 0 aliphatic carbocycles. The topological polar surface area (TPSA) is 81.5 Å². The number of nitro benzene ring substituents is 1. The Hall–Kier alpha value is -3.80. The van der Waals surface area contributed by atoms with Gasteiger partial charge in [0, 0.05) is 23.9 Å². The van der Waals surface area contributed by atoms with E-state index in [2.05, 4.69) is 9.98 Å². The summed E-state index contributed by atoms with van der Waals surface area (Å²) in [5.41, 5.74) is 5.21. The number of hydrogen-bond acceptors (Lipinski definition) is 5. The second-order valence-electron chi connectivity index (χ2n) is 6.09. The van der Waals surface area contributed by atoms with Gasteiger partial charge in [-0.15, -0.1) is 0 Å². The normalized spacial score (nSPS) is 11.3. The summed E-state index contributed by atoms with van der Waals surface area (Å²) in [7, 11) is 0.